The Kier molecular flexibility index (Phi) is 6.09. The molecule has 5 nitrogen and oxygen atoms in total. The average Bonchev–Trinajstić information content (AvgIpc) is 3.42. The first-order valence-corrected chi connectivity index (χ1v) is 11.2. The number of hydrogen-bond acceptors (Lipinski definition) is 3. The van der Waals surface area contributed by atoms with Crippen LogP contribution in [0.25, 0.3) is 5.57 Å². The van der Waals surface area contributed by atoms with Crippen LogP contribution >= 0.6 is 11.6 Å². The predicted molar refractivity (Wildman–Crippen MR) is 122 cm³/mol. The van der Waals surface area contributed by atoms with Gasteiger partial charge >= 0.3 is 5.97 Å². The van der Waals surface area contributed by atoms with Crippen LogP contribution in [0.15, 0.2) is 41.2 Å². The van der Waals surface area contributed by atoms with Gasteiger partial charge in [0.1, 0.15) is 0 Å². The minimum atomic E-state index is -0.908. The second kappa shape index (κ2) is 8.64. The van der Waals surface area contributed by atoms with E-state index < -0.39 is 11.4 Å². The quantitative estimate of drug-likeness (QED) is 0.631. The van der Waals surface area contributed by atoms with Crippen LogP contribution in [0.3, 0.4) is 0 Å². The molecule has 2 N–H and O–H groups in total. The Labute approximate surface area is 187 Å². The third-order valence-corrected chi connectivity index (χ3v) is 6.54. The third-order valence-electron chi connectivity index (χ3n) is 6.19. The number of carboxylic acids is 1. The smallest absolute Gasteiger partial charge is 0.309 e. The number of aliphatic carboxylic acids is 1. The van der Waals surface area contributed by atoms with E-state index in [-0.39, 0.29) is 11.5 Å². The van der Waals surface area contributed by atoms with Gasteiger partial charge in [0.25, 0.3) is 5.56 Å². The lowest BCUT2D eigenvalue weighted by Crippen LogP contribution is -2.26. The van der Waals surface area contributed by atoms with Gasteiger partial charge in [-0.15, -0.1) is 0 Å². The van der Waals surface area contributed by atoms with Crippen LogP contribution in [0.2, 0.25) is 5.02 Å². The maximum atomic E-state index is 12.6. The highest BCUT2D eigenvalue weighted by molar-refractivity contribution is 6.31. The van der Waals surface area contributed by atoms with Crippen molar-refractivity contribution < 1.29 is 14.6 Å². The SMILES string of the molecule is CC(C)(Cc1ccc(/C(=C\C2CCOC2)c2ccc(C3CC3)c(=O)[nH]2)cc1Cl)C(=O)O. The summed E-state index contributed by atoms with van der Waals surface area (Å²) in [7, 11) is 0. The number of rotatable bonds is 7. The summed E-state index contributed by atoms with van der Waals surface area (Å²) in [5.74, 6) is -0.200. The first-order chi connectivity index (χ1) is 14.7. The second-order valence-electron chi connectivity index (χ2n) is 9.31. The Morgan fingerprint density at radius 2 is 2.03 bits per heavy atom. The first kappa shape index (κ1) is 21.8. The van der Waals surface area contributed by atoms with Gasteiger partial charge < -0.3 is 14.8 Å². The molecule has 164 valence electrons. The number of aromatic nitrogens is 1. The molecule has 1 aromatic heterocycles. The van der Waals surface area contributed by atoms with Crippen LogP contribution in [0.4, 0.5) is 0 Å². The molecule has 6 heteroatoms. The van der Waals surface area contributed by atoms with Gasteiger partial charge in [0.2, 0.25) is 0 Å². The van der Waals surface area contributed by atoms with Gasteiger partial charge in [-0.2, -0.15) is 0 Å². The van der Waals surface area contributed by atoms with Crippen molar-refractivity contribution >= 4 is 23.1 Å². The van der Waals surface area contributed by atoms with Crippen molar-refractivity contribution in [1.82, 2.24) is 4.98 Å². The van der Waals surface area contributed by atoms with E-state index in [9.17, 15) is 14.7 Å². The molecule has 2 aromatic rings. The lowest BCUT2D eigenvalue weighted by molar-refractivity contribution is -0.146. The Balaban J connectivity index is 1.70. The summed E-state index contributed by atoms with van der Waals surface area (Å²) in [6.45, 7) is 4.77. The van der Waals surface area contributed by atoms with Gasteiger partial charge in [0, 0.05) is 34.4 Å². The number of halogens is 1. The number of ether oxygens (including phenoxy) is 1. The van der Waals surface area contributed by atoms with Gasteiger partial charge in [-0.25, -0.2) is 0 Å². The van der Waals surface area contributed by atoms with Crippen molar-refractivity contribution in [2.24, 2.45) is 11.3 Å². The molecule has 1 saturated carbocycles. The fourth-order valence-corrected chi connectivity index (χ4v) is 4.28. The minimum absolute atomic E-state index is 0.0282. The number of carboxylic acid groups (broad SMARTS) is 1. The molecular weight excluding hydrogens is 414 g/mol. The summed E-state index contributed by atoms with van der Waals surface area (Å²) in [4.78, 5) is 27.2. The number of nitrogens with one attached hydrogen (secondary N) is 1. The van der Waals surface area contributed by atoms with Gasteiger partial charge in [0.15, 0.2) is 0 Å². The molecule has 0 amide bonds. The summed E-state index contributed by atoms with van der Waals surface area (Å²) >= 11 is 6.58. The maximum Gasteiger partial charge on any atom is 0.309 e. The van der Waals surface area contributed by atoms with E-state index in [2.05, 4.69) is 11.1 Å². The molecule has 1 aromatic carbocycles. The highest BCUT2D eigenvalue weighted by atomic mass is 35.5. The number of pyridine rings is 1. The lowest BCUT2D eigenvalue weighted by Gasteiger charge is -2.20. The number of H-pyrrole nitrogens is 1. The topological polar surface area (TPSA) is 79.4 Å². The standard InChI is InChI=1S/C25H28ClNO4/c1-25(2,24(29)30)13-18-6-5-17(12-21(18)26)20(11-15-9-10-31-14-15)22-8-7-19(16-3-4-16)23(28)27-22/h5-8,11-12,15-16H,3-4,9-10,13-14H2,1-2H3,(H,27,28)(H,29,30)/b20-11+. The van der Waals surface area contributed by atoms with Gasteiger partial charge in [-0.1, -0.05) is 35.9 Å². The van der Waals surface area contributed by atoms with Gasteiger partial charge in [-0.05, 0) is 68.7 Å². The number of hydrogen-bond donors (Lipinski definition) is 2. The van der Waals surface area contributed by atoms with Crippen LogP contribution in [-0.2, 0) is 16.0 Å². The highest BCUT2D eigenvalue weighted by Crippen LogP contribution is 2.38. The minimum Gasteiger partial charge on any atom is -0.481 e. The molecule has 1 unspecified atom stereocenters. The monoisotopic (exact) mass is 441 g/mol. The second-order valence-corrected chi connectivity index (χ2v) is 9.71. The molecular formula is C25H28ClNO4. The molecule has 31 heavy (non-hydrogen) atoms. The zero-order valence-electron chi connectivity index (χ0n) is 17.9. The molecule has 0 bridgehead atoms. The van der Waals surface area contributed by atoms with Crippen molar-refractivity contribution in [1.29, 1.82) is 0 Å². The Hall–Kier alpha value is -2.37. The highest BCUT2D eigenvalue weighted by Gasteiger charge is 2.29. The fraction of sp³-hybridized carbons (Fsp3) is 0.440. The molecule has 2 fully saturated rings. The molecule has 1 aliphatic heterocycles. The summed E-state index contributed by atoms with van der Waals surface area (Å²) in [6.07, 6.45) is 5.58. The van der Waals surface area contributed by atoms with E-state index >= 15 is 0 Å². The Morgan fingerprint density at radius 1 is 1.26 bits per heavy atom. The van der Waals surface area contributed by atoms with E-state index in [1.165, 1.54) is 0 Å². The van der Waals surface area contributed by atoms with Crippen LogP contribution in [0.1, 0.15) is 61.4 Å². The number of carbonyl (C=O) groups is 1. The van der Waals surface area contributed by atoms with Crippen LogP contribution in [0.5, 0.6) is 0 Å². The molecule has 0 spiro atoms. The van der Waals surface area contributed by atoms with Crippen molar-refractivity contribution in [3.8, 4) is 0 Å². The molecule has 4 rings (SSSR count). The van der Waals surface area contributed by atoms with E-state index in [1.807, 2.05) is 30.3 Å². The average molecular weight is 442 g/mol. The summed E-state index contributed by atoms with van der Waals surface area (Å²) in [5, 5.41) is 9.96. The lowest BCUT2D eigenvalue weighted by atomic mass is 9.85. The molecule has 1 atom stereocenters. The molecule has 2 aliphatic rings. The zero-order chi connectivity index (χ0) is 22.2. The number of benzene rings is 1. The first-order valence-electron chi connectivity index (χ1n) is 10.8. The maximum absolute atomic E-state index is 12.6. The van der Waals surface area contributed by atoms with Crippen molar-refractivity contribution in [2.75, 3.05) is 13.2 Å². The molecule has 1 saturated heterocycles. The third kappa shape index (κ3) is 4.94. The van der Waals surface area contributed by atoms with Crippen molar-refractivity contribution in [2.45, 2.75) is 45.4 Å². The van der Waals surface area contributed by atoms with Gasteiger partial charge in [0.05, 0.1) is 12.0 Å². The zero-order valence-corrected chi connectivity index (χ0v) is 18.7. The van der Waals surface area contributed by atoms with Crippen LogP contribution in [0, 0.1) is 11.3 Å². The normalized spacial score (nSPS) is 19.6. The van der Waals surface area contributed by atoms with Crippen LogP contribution in [-0.4, -0.2) is 29.3 Å². The summed E-state index contributed by atoms with van der Waals surface area (Å²) in [5.41, 5.74) is 3.28. The van der Waals surface area contributed by atoms with E-state index in [0.29, 0.717) is 24.0 Å². The fourth-order valence-electron chi connectivity index (χ4n) is 4.03. The Bertz CT molecular complexity index is 1080. The molecule has 0 radical (unpaired) electrons. The summed E-state index contributed by atoms with van der Waals surface area (Å²) < 4.78 is 5.53. The van der Waals surface area contributed by atoms with E-state index in [0.717, 1.165) is 53.8 Å². The largest absolute Gasteiger partial charge is 0.481 e. The Morgan fingerprint density at radius 3 is 2.61 bits per heavy atom. The van der Waals surface area contributed by atoms with E-state index in [4.69, 9.17) is 16.3 Å². The number of aromatic amines is 1. The van der Waals surface area contributed by atoms with Crippen molar-refractivity contribution in [3.05, 3.63) is 74.2 Å². The predicted octanol–water partition coefficient (Wildman–Crippen LogP) is 5.03. The molecule has 2 heterocycles. The van der Waals surface area contributed by atoms with Crippen LogP contribution < -0.4 is 5.56 Å². The van der Waals surface area contributed by atoms with Gasteiger partial charge in [-0.3, -0.25) is 9.59 Å². The van der Waals surface area contributed by atoms with Crippen molar-refractivity contribution in [3.63, 3.8) is 0 Å². The summed E-state index contributed by atoms with van der Waals surface area (Å²) in [6, 6.07) is 9.62. The molecule has 1 aliphatic carbocycles. The van der Waals surface area contributed by atoms with E-state index in [1.54, 1.807) is 13.8 Å².